The van der Waals surface area contributed by atoms with Crippen molar-refractivity contribution in [1.29, 1.82) is 0 Å². The molecule has 31 heavy (non-hydrogen) atoms. The van der Waals surface area contributed by atoms with Gasteiger partial charge in [-0.2, -0.15) is 0 Å². The van der Waals surface area contributed by atoms with Gasteiger partial charge in [0.15, 0.2) is 8.07 Å². The molecule has 0 radical (unpaired) electrons. The first-order valence-corrected chi connectivity index (χ1v) is 13.3. The highest BCUT2D eigenvalue weighted by atomic mass is 28.3. The van der Waals surface area contributed by atoms with Crippen LogP contribution in [0.1, 0.15) is 31.2 Å². The molecule has 0 aromatic heterocycles. The summed E-state index contributed by atoms with van der Waals surface area (Å²) in [6.45, 7) is 0. The Morgan fingerprint density at radius 2 is 1.29 bits per heavy atom. The maximum Gasteiger partial charge on any atom is 0.176 e. The zero-order chi connectivity index (χ0) is 20.9. The highest BCUT2D eigenvalue weighted by Gasteiger charge is 2.44. The smallest absolute Gasteiger partial charge is 0.0842 e. The zero-order valence-electron chi connectivity index (χ0n) is 17.9. The summed E-state index contributed by atoms with van der Waals surface area (Å²) in [5.41, 5.74) is 2.77. The highest BCUT2D eigenvalue weighted by Crippen LogP contribution is 2.28. The maximum absolute atomic E-state index is 2.42. The van der Waals surface area contributed by atoms with Gasteiger partial charge in [-0.1, -0.05) is 127 Å². The van der Waals surface area contributed by atoms with Crippen molar-refractivity contribution >= 4 is 29.2 Å². The molecule has 0 unspecified atom stereocenters. The number of rotatable bonds is 5. The second-order valence-corrected chi connectivity index (χ2v) is 12.2. The Balaban J connectivity index is 1.88. The summed E-state index contributed by atoms with van der Waals surface area (Å²) in [6, 6.07) is 31.7. The van der Waals surface area contributed by atoms with Gasteiger partial charge in [0.05, 0.1) is 0 Å². The average Bonchev–Trinajstić information content (AvgIpc) is 2.87. The lowest BCUT2D eigenvalue weighted by atomic mass is 10.00. The molecule has 2 aliphatic rings. The van der Waals surface area contributed by atoms with E-state index in [4.69, 9.17) is 0 Å². The fraction of sp³-hybridized carbons (Fsp3) is 0.133. The first-order valence-electron chi connectivity index (χ1n) is 11.3. The van der Waals surface area contributed by atoms with Crippen LogP contribution < -0.4 is 15.6 Å². The van der Waals surface area contributed by atoms with Crippen molar-refractivity contribution in [2.24, 2.45) is 0 Å². The zero-order valence-corrected chi connectivity index (χ0v) is 18.9. The van der Waals surface area contributed by atoms with E-state index in [1.807, 2.05) is 0 Å². The van der Waals surface area contributed by atoms with Crippen LogP contribution in [0.5, 0.6) is 0 Å². The molecule has 152 valence electrons. The van der Waals surface area contributed by atoms with Gasteiger partial charge in [0, 0.05) is 0 Å². The van der Waals surface area contributed by atoms with E-state index in [9.17, 15) is 0 Å². The van der Waals surface area contributed by atoms with Crippen molar-refractivity contribution < 1.29 is 0 Å². The second-order valence-electron chi connectivity index (χ2n) is 8.33. The van der Waals surface area contributed by atoms with Crippen LogP contribution in [0.25, 0.3) is 5.57 Å². The minimum atomic E-state index is -2.42. The molecule has 0 N–H and O–H groups in total. The molecule has 5 rings (SSSR count). The average molecular weight is 417 g/mol. The van der Waals surface area contributed by atoms with Gasteiger partial charge >= 0.3 is 0 Å². The molecule has 0 saturated carbocycles. The van der Waals surface area contributed by atoms with Gasteiger partial charge in [0.25, 0.3) is 0 Å². The number of allylic oxidation sites excluding steroid dienone is 8. The molecule has 3 aromatic carbocycles. The van der Waals surface area contributed by atoms with Crippen LogP contribution in [0.4, 0.5) is 0 Å². The van der Waals surface area contributed by atoms with Crippen molar-refractivity contribution in [2.75, 3.05) is 0 Å². The lowest BCUT2D eigenvalue weighted by Crippen LogP contribution is -2.69. The number of benzene rings is 3. The van der Waals surface area contributed by atoms with Gasteiger partial charge in [-0.25, -0.2) is 0 Å². The normalized spacial score (nSPS) is 16.0. The van der Waals surface area contributed by atoms with Crippen LogP contribution in [0.2, 0.25) is 0 Å². The molecule has 0 spiro atoms. The SMILES string of the molecule is C1=CCCC([Si](c2ccccc2)(c2ccccc2)c2ccccc2C2=CCCC=C2)=C1. The molecule has 0 bridgehead atoms. The fourth-order valence-corrected chi connectivity index (χ4v) is 10.5. The third kappa shape index (κ3) is 3.60. The summed E-state index contributed by atoms with van der Waals surface area (Å²) in [7, 11) is -2.42. The predicted molar refractivity (Wildman–Crippen MR) is 137 cm³/mol. The summed E-state index contributed by atoms with van der Waals surface area (Å²) < 4.78 is 0. The molecular weight excluding hydrogens is 388 g/mol. The van der Waals surface area contributed by atoms with Crippen LogP contribution in [0.3, 0.4) is 0 Å². The molecule has 0 fully saturated rings. The van der Waals surface area contributed by atoms with Gasteiger partial charge < -0.3 is 0 Å². The van der Waals surface area contributed by atoms with E-state index in [0.29, 0.717) is 0 Å². The quantitative estimate of drug-likeness (QED) is 0.369. The van der Waals surface area contributed by atoms with E-state index in [2.05, 4.69) is 121 Å². The lowest BCUT2D eigenvalue weighted by molar-refractivity contribution is 1.01. The molecule has 0 aliphatic heterocycles. The predicted octanol–water partition coefficient (Wildman–Crippen LogP) is 5.71. The summed E-state index contributed by atoms with van der Waals surface area (Å²) in [5, 5.41) is 6.04. The van der Waals surface area contributed by atoms with Crippen LogP contribution >= 0.6 is 0 Å². The van der Waals surface area contributed by atoms with E-state index in [1.54, 1.807) is 5.20 Å². The number of hydrogen-bond acceptors (Lipinski definition) is 0. The van der Waals surface area contributed by atoms with E-state index in [1.165, 1.54) is 26.7 Å². The van der Waals surface area contributed by atoms with Crippen molar-refractivity contribution in [3.05, 3.63) is 132 Å². The third-order valence-corrected chi connectivity index (χ3v) is 11.6. The monoisotopic (exact) mass is 416 g/mol. The van der Waals surface area contributed by atoms with E-state index < -0.39 is 8.07 Å². The Kier molecular flexibility index (Phi) is 5.69. The Labute approximate surface area is 187 Å². The van der Waals surface area contributed by atoms with E-state index in [0.717, 1.165) is 25.7 Å². The largest absolute Gasteiger partial charge is 0.176 e. The summed E-state index contributed by atoms with van der Waals surface area (Å²) in [6.07, 6.45) is 18.6. The summed E-state index contributed by atoms with van der Waals surface area (Å²) >= 11 is 0. The minimum absolute atomic E-state index is 1.12. The van der Waals surface area contributed by atoms with Crippen LogP contribution in [-0.4, -0.2) is 8.07 Å². The number of hydrogen-bond donors (Lipinski definition) is 0. The minimum Gasteiger partial charge on any atom is -0.0842 e. The third-order valence-electron chi connectivity index (χ3n) is 6.55. The second kappa shape index (κ2) is 8.91. The van der Waals surface area contributed by atoms with Crippen LogP contribution in [0, 0.1) is 0 Å². The van der Waals surface area contributed by atoms with E-state index in [-0.39, 0.29) is 0 Å². The van der Waals surface area contributed by atoms with Gasteiger partial charge in [0.2, 0.25) is 0 Å². The van der Waals surface area contributed by atoms with Crippen LogP contribution in [0.15, 0.2) is 127 Å². The van der Waals surface area contributed by atoms with Crippen molar-refractivity contribution in [1.82, 2.24) is 0 Å². The molecule has 0 heterocycles. The Hall–Kier alpha value is -3.16. The standard InChI is InChI=1S/C30H28Si/c1-5-15-25(16-6-1)29-23-13-14-24-30(29)31(26-17-7-2-8-18-26,27-19-9-3-10-20-27)28-21-11-4-12-22-28/h2-5,7-11,13-21,23-24H,1,6,12,22H2. The molecule has 0 nitrogen and oxygen atoms in total. The van der Waals surface area contributed by atoms with Crippen molar-refractivity contribution in [2.45, 2.75) is 25.7 Å². The maximum atomic E-state index is 2.42. The van der Waals surface area contributed by atoms with Gasteiger partial charge in [0.1, 0.15) is 0 Å². The van der Waals surface area contributed by atoms with Crippen LogP contribution in [-0.2, 0) is 0 Å². The summed E-state index contributed by atoms with van der Waals surface area (Å²) in [4.78, 5) is 0. The summed E-state index contributed by atoms with van der Waals surface area (Å²) in [5.74, 6) is 0. The first kappa shape index (κ1) is 19.8. The molecule has 0 atom stereocenters. The topological polar surface area (TPSA) is 0 Å². The Morgan fingerprint density at radius 1 is 0.613 bits per heavy atom. The lowest BCUT2D eigenvalue weighted by Gasteiger charge is -2.38. The molecule has 1 heteroatoms. The molecule has 2 aliphatic carbocycles. The van der Waals surface area contributed by atoms with Gasteiger partial charge in [-0.3, -0.25) is 0 Å². The molecular formula is C30H28Si. The first-order chi connectivity index (χ1) is 15.4. The molecule has 0 saturated heterocycles. The van der Waals surface area contributed by atoms with E-state index >= 15 is 0 Å². The Morgan fingerprint density at radius 3 is 1.90 bits per heavy atom. The van der Waals surface area contributed by atoms with Gasteiger partial charge in [-0.15, -0.1) is 0 Å². The van der Waals surface area contributed by atoms with Crippen molar-refractivity contribution in [3.63, 3.8) is 0 Å². The molecule has 0 amide bonds. The Bertz CT molecular complexity index is 1120. The molecule has 3 aromatic rings. The van der Waals surface area contributed by atoms with Gasteiger partial charge in [-0.05, 0) is 52.4 Å². The van der Waals surface area contributed by atoms with Crippen molar-refractivity contribution in [3.8, 4) is 0 Å². The fourth-order valence-electron chi connectivity index (χ4n) is 5.19. The highest BCUT2D eigenvalue weighted by molar-refractivity contribution is 7.16.